The van der Waals surface area contributed by atoms with Gasteiger partial charge in [-0.05, 0) is 44.7 Å². The Morgan fingerprint density at radius 1 is 1.27 bits per heavy atom. The van der Waals surface area contributed by atoms with Crippen LogP contribution in [-0.4, -0.2) is 55.8 Å². The molecule has 2 saturated heterocycles. The van der Waals surface area contributed by atoms with Crippen molar-refractivity contribution in [3.8, 4) is 0 Å². The second kappa shape index (κ2) is 7.55. The summed E-state index contributed by atoms with van der Waals surface area (Å²) in [6.07, 6.45) is 5.22. The molecule has 3 aromatic heterocycles. The molecule has 8 nitrogen and oxygen atoms in total. The van der Waals surface area contributed by atoms with E-state index >= 15 is 0 Å². The lowest BCUT2D eigenvalue weighted by molar-refractivity contribution is -0.136. The number of carbonyl (C=O) groups excluding carboxylic acids is 1. The summed E-state index contributed by atoms with van der Waals surface area (Å²) in [5.74, 6) is 1.72. The maximum Gasteiger partial charge on any atom is 0.254 e. The molecule has 3 N–H and O–H groups in total. The van der Waals surface area contributed by atoms with Gasteiger partial charge in [0.1, 0.15) is 11.6 Å². The van der Waals surface area contributed by atoms with Crippen LogP contribution in [0.3, 0.4) is 0 Å². The van der Waals surface area contributed by atoms with Crippen LogP contribution in [0, 0.1) is 6.92 Å². The summed E-state index contributed by atoms with van der Waals surface area (Å²) < 4.78 is 13.0. The highest BCUT2D eigenvalue weighted by Crippen LogP contribution is 2.37. The van der Waals surface area contributed by atoms with Crippen LogP contribution in [0.5, 0.6) is 0 Å². The fourth-order valence-corrected chi connectivity index (χ4v) is 4.83. The number of fused-ring (bicyclic) bond motifs is 3. The predicted octanol–water partition coefficient (Wildman–Crippen LogP) is 3.31. The number of anilines is 3. The summed E-state index contributed by atoms with van der Waals surface area (Å²) in [5.41, 5.74) is 1.79. The zero-order valence-electron chi connectivity index (χ0n) is 16.7. The van der Waals surface area contributed by atoms with Crippen molar-refractivity contribution < 1.29 is 9.18 Å². The fourth-order valence-electron chi connectivity index (χ4n) is 4.83. The van der Waals surface area contributed by atoms with Gasteiger partial charge < -0.3 is 15.5 Å². The van der Waals surface area contributed by atoms with E-state index in [1.54, 1.807) is 11.1 Å². The van der Waals surface area contributed by atoms with E-state index in [4.69, 9.17) is 4.98 Å². The summed E-state index contributed by atoms with van der Waals surface area (Å²) in [7, 11) is 0. The third-order valence-electron chi connectivity index (χ3n) is 6.04. The minimum atomic E-state index is -0.913. The molecule has 0 aliphatic carbocycles. The largest absolute Gasteiger partial charge is 0.367 e. The zero-order valence-corrected chi connectivity index (χ0v) is 16.7. The van der Waals surface area contributed by atoms with Crippen LogP contribution in [0.25, 0.3) is 10.9 Å². The first-order valence-electron chi connectivity index (χ1n) is 10.3. The Bertz CT molecular complexity index is 1070. The number of nitrogens with one attached hydrogen (secondary N) is 3. The number of amides is 1. The number of piperidine rings is 1. The van der Waals surface area contributed by atoms with Crippen molar-refractivity contribution in [2.24, 2.45) is 0 Å². The van der Waals surface area contributed by atoms with Crippen molar-refractivity contribution in [2.45, 2.75) is 50.7 Å². The Morgan fingerprint density at radius 2 is 2.07 bits per heavy atom. The Labute approximate surface area is 173 Å². The van der Waals surface area contributed by atoms with Crippen molar-refractivity contribution in [2.75, 3.05) is 17.3 Å². The molecule has 2 aliphatic rings. The maximum atomic E-state index is 13.0. The lowest BCUT2D eigenvalue weighted by Gasteiger charge is -2.39. The first-order valence-corrected chi connectivity index (χ1v) is 10.3. The van der Waals surface area contributed by atoms with E-state index in [1.807, 2.05) is 31.2 Å². The van der Waals surface area contributed by atoms with Crippen molar-refractivity contribution in [3.63, 3.8) is 0 Å². The molecule has 0 spiro atoms. The number of pyridine rings is 2. The molecule has 2 fully saturated rings. The van der Waals surface area contributed by atoms with Crippen LogP contribution in [0.1, 0.15) is 31.4 Å². The molecule has 156 valence electrons. The van der Waals surface area contributed by atoms with Crippen LogP contribution in [-0.2, 0) is 4.79 Å². The number of hydrogen-bond donors (Lipinski definition) is 3. The highest BCUT2D eigenvalue weighted by Gasteiger charge is 2.43. The van der Waals surface area contributed by atoms with E-state index < -0.39 is 6.67 Å². The number of alkyl halides is 1. The molecule has 0 radical (unpaired) electrons. The van der Waals surface area contributed by atoms with Gasteiger partial charge in [0.2, 0.25) is 0 Å². The maximum absolute atomic E-state index is 13.0. The van der Waals surface area contributed by atoms with Gasteiger partial charge in [0, 0.05) is 47.5 Å². The van der Waals surface area contributed by atoms with Crippen molar-refractivity contribution in [3.05, 3.63) is 36.2 Å². The summed E-state index contributed by atoms with van der Waals surface area (Å²) in [6, 6.07) is 8.07. The van der Waals surface area contributed by atoms with E-state index in [0.29, 0.717) is 11.6 Å². The highest BCUT2D eigenvalue weighted by atomic mass is 19.1. The number of aryl methyl sites for hydroxylation is 1. The minimum absolute atomic E-state index is 0.0993. The molecule has 3 atom stereocenters. The molecule has 2 bridgehead atoms. The number of nitrogens with zero attached hydrogens (tertiary/aromatic N) is 4. The average Bonchev–Trinajstić information content (AvgIpc) is 3.27. The third kappa shape index (κ3) is 3.44. The number of H-pyrrole nitrogens is 1. The van der Waals surface area contributed by atoms with E-state index in [9.17, 15) is 9.18 Å². The first-order chi connectivity index (χ1) is 14.6. The Hall–Kier alpha value is -3.23. The van der Waals surface area contributed by atoms with Gasteiger partial charge in [0.05, 0.1) is 5.52 Å². The van der Waals surface area contributed by atoms with Gasteiger partial charge in [-0.3, -0.25) is 14.9 Å². The van der Waals surface area contributed by atoms with Gasteiger partial charge >= 0.3 is 0 Å². The SMILES string of the molecule is Cc1cc(Nc2cc3ncccc3c(NC3C[C@H]4CC[C@@H](C3)N4C(=O)CF)n2)n[nH]1. The number of rotatable bonds is 5. The Balaban J connectivity index is 1.41. The molecule has 9 heteroatoms. The summed E-state index contributed by atoms with van der Waals surface area (Å²) in [6.45, 7) is 1.03. The van der Waals surface area contributed by atoms with Gasteiger partial charge in [0.25, 0.3) is 5.91 Å². The number of aromatic nitrogens is 4. The monoisotopic (exact) mass is 409 g/mol. The summed E-state index contributed by atoms with van der Waals surface area (Å²) in [4.78, 5) is 23.0. The van der Waals surface area contributed by atoms with E-state index in [0.717, 1.165) is 48.1 Å². The Morgan fingerprint density at radius 3 is 2.77 bits per heavy atom. The second-order valence-corrected chi connectivity index (χ2v) is 8.12. The van der Waals surface area contributed by atoms with Crippen molar-refractivity contribution >= 4 is 34.3 Å². The first kappa shape index (κ1) is 18.8. The van der Waals surface area contributed by atoms with E-state index in [-0.39, 0.29) is 24.0 Å². The number of hydrogen-bond acceptors (Lipinski definition) is 6. The molecule has 1 amide bonds. The van der Waals surface area contributed by atoms with Gasteiger partial charge in [-0.25, -0.2) is 9.37 Å². The number of halogens is 1. The van der Waals surface area contributed by atoms with Crippen LogP contribution < -0.4 is 10.6 Å². The molecule has 3 aromatic rings. The second-order valence-electron chi connectivity index (χ2n) is 8.12. The number of carbonyl (C=O) groups is 1. The normalized spacial score (nSPS) is 23.0. The Kier molecular flexibility index (Phi) is 4.72. The third-order valence-corrected chi connectivity index (χ3v) is 6.04. The van der Waals surface area contributed by atoms with Crippen LogP contribution in [0.2, 0.25) is 0 Å². The molecule has 2 aliphatic heterocycles. The number of aromatic amines is 1. The molecule has 5 heterocycles. The average molecular weight is 409 g/mol. The molecular weight excluding hydrogens is 385 g/mol. The molecule has 5 rings (SSSR count). The van der Waals surface area contributed by atoms with Gasteiger partial charge in [-0.1, -0.05) is 0 Å². The molecule has 30 heavy (non-hydrogen) atoms. The highest BCUT2D eigenvalue weighted by molar-refractivity contribution is 5.91. The molecular formula is C21H24FN7O. The van der Waals surface area contributed by atoms with Gasteiger partial charge in [-0.15, -0.1) is 0 Å². The minimum Gasteiger partial charge on any atom is -0.367 e. The van der Waals surface area contributed by atoms with Gasteiger partial charge in [-0.2, -0.15) is 5.10 Å². The van der Waals surface area contributed by atoms with Crippen molar-refractivity contribution in [1.29, 1.82) is 0 Å². The predicted molar refractivity (Wildman–Crippen MR) is 112 cm³/mol. The zero-order chi connectivity index (χ0) is 20.7. The molecule has 0 aromatic carbocycles. The molecule has 0 saturated carbocycles. The summed E-state index contributed by atoms with van der Waals surface area (Å²) >= 11 is 0. The van der Waals surface area contributed by atoms with Gasteiger partial charge in [0.15, 0.2) is 12.5 Å². The van der Waals surface area contributed by atoms with Crippen LogP contribution >= 0.6 is 0 Å². The fraction of sp³-hybridized carbons (Fsp3) is 0.429. The standard InChI is InChI=1S/C21H24FN7O/c1-12-7-19(28-27-12)25-18-10-17-16(3-2-6-23-17)21(26-18)24-13-8-14-4-5-15(9-13)29(14)20(30)11-22/h2-3,6-7,10,13-15H,4-5,8-9,11H2,1H3,(H3,24,25,26,27,28)/t13?,14-,15+. The molecule has 1 unspecified atom stereocenters. The quantitative estimate of drug-likeness (QED) is 0.598. The van der Waals surface area contributed by atoms with E-state index in [2.05, 4.69) is 25.8 Å². The van der Waals surface area contributed by atoms with Crippen molar-refractivity contribution in [1.82, 2.24) is 25.1 Å². The smallest absolute Gasteiger partial charge is 0.254 e. The van der Waals surface area contributed by atoms with Crippen LogP contribution in [0.4, 0.5) is 21.8 Å². The lowest BCUT2D eigenvalue weighted by atomic mass is 9.97. The topological polar surface area (TPSA) is 98.8 Å². The van der Waals surface area contributed by atoms with Crippen LogP contribution in [0.15, 0.2) is 30.5 Å². The van der Waals surface area contributed by atoms with E-state index in [1.165, 1.54) is 0 Å². The summed E-state index contributed by atoms with van der Waals surface area (Å²) in [5, 5.41) is 14.9. The lowest BCUT2D eigenvalue weighted by Crippen LogP contribution is -2.50.